The van der Waals surface area contributed by atoms with Gasteiger partial charge in [0, 0.05) is 56.0 Å². The number of ether oxygens (including phenoxy) is 2. The van der Waals surface area contributed by atoms with Crippen molar-refractivity contribution in [2.45, 2.75) is 32.6 Å². The summed E-state index contributed by atoms with van der Waals surface area (Å²) in [6.07, 6.45) is 3.94. The zero-order valence-corrected chi connectivity index (χ0v) is 23.4. The second-order valence-corrected chi connectivity index (χ2v) is 9.97. The molecule has 0 saturated carbocycles. The number of benzene rings is 3. The maximum absolute atomic E-state index is 13.3. The molecule has 3 amide bonds. The van der Waals surface area contributed by atoms with Gasteiger partial charge in [0.1, 0.15) is 5.75 Å². The van der Waals surface area contributed by atoms with Gasteiger partial charge in [-0.1, -0.05) is 36.4 Å². The number of piperidine rings is 1. The lowest BCUT2D eigenvalue weighted by Gasteiger charge is -2.35. The second-order valence-electron chi connectivity index (χ2n) is 9.97. The number of nitrogens with one attached hydrogen (secondary N) is 3. The van der Waals surface area contributed by atoms with E-state index in [1.165, 1.54) is 5.56 Å². The van der Waals surface area contributed by atoms with Gasteiger partial charge < -0.3 is 30.3 Å². The SMILES string of the molecule is CCOCCCNC(=O)c1cc(NC(=O)Nc2cccc(OC)c2)ccc1N1CCC(Cc2ccccc2)CC1. The average Bonchev–Trinajstić information content (AvgIpc) is 2.98. The van der Waals surface area contributed by atoms with Crippen LogP contribution in [-0.4, -0.2) is 51.9 Å². The molecule has 3 aromatic rings. The molecule has 1 saturated heterocycles. The van der Waals surface area contributed by atoms with Crippen LogP contribution in [0.1, 0.15) is 42.1 Å². The Morgan fingerprint density at radius 2 is 1.68 bits per heavy atom. The number of hydrogen-bond acceptors (Lipinski definition) is 5. The highest BCUT2D eigenvalue weighted by Crippen LogP contribution is 2.30. The fraction of sp³-hybridized carbons (Fsp3) is 0.375. The highest BCUT2D eigenvalue weighted by atomic mass is 16.5. The van der Waals surface area contributed by atoms with Crippen LogP contribution in [0.3, 0.4) is 0 Å². The zero-order valence-electron chi connectivity index (χ0n) is 23.4. The molecule has 1 heterocycles. The van der Waals surface area contributed by atoms with Crippen molar-refractivity contribution >= 4 is 29.0 Å². The third-order valence-electron chi connectivity index (χ3n) is 7.10. The molecule has 8 nitrogen and oxygen atoms in total. The maximum atomic E-state index is 13.3. The summed E-state index contributed by atoms with van der Waals surface area (Å²) in [6, 6.07) is 22.9. The predicted molar refractivity (Wildman–Crippen MR) is 161 cm³/mol. The number of hydrogen-bond donors (Lipinski definition) is 3. The average molecular weight is 545 g/mol. The molecular formula is C32H40N4O4. The molecule has 40 heavy (non-hydrogen) atoms. The van der Waals surface area contributed by atoms with Crippen LogP contribution in [0.4, 0.5) is 21.9 Å². The summed E-state index contributed by atoms with van der Waals surface area (Å²) in [5.41, 5.74) is 3.97. The molecule has 0 aromatic heterocycles. The van der Waals surface area contributed by atoms with E-state index in [0.717, 1.165) is 44.5 Å². The number of rotatable bonds is 12. The molecule has 212 valence electrons. The van der Waals surface area contributed by atoms with Gasteiger partial charge >= 0.3 is 6.03 Å². The molecule has 0 spiro atoms. The van der Waals surface area contributed by atoms with Crippen molar-refractivity contribution in [2.75, 3.05) is 55.5 Å². The first-order valence-corrected chi connectivity index (χ1v) is 14.1. The third-order valence-corrected chi connectivity index (χ3v) is 7.10. The molecule has 0 bridgehead atoms. The van der Waals surface area contributed by atoms with Crippen LogP contribution >= 0.6 is 0 Å². The van der Waals surface area contributed by atoms with E-state index in [2.05, 4.69) is 51.2 Å². The van der Waals surface area contributed by atoms with Gasteiger partial charge in [-0.2, -0.15) is 0 Å². The first-order chi connectivity index (χ1) is 19.6. The molecule has 3 aromatic carbocycles. The standard InChI is InChI=1S/C32H40N4O4/c1-3-40-20-8-17-33-31(37)29-23-27(35-32(38)34-26-11-7-12-28(22-26)39-2)13-14-30(29)36-18-15-25(16-19-36)21-24-9-5-4-6-10-24/h4-7,9-14,22-23,25H,3,8,15-21H2,1-2H3,(H,33,37)(H2,34,35,38). The number of amides is 3. The van der Waals surface area contributed by atoms with E-state index >= 15 is 0 Å². The summed E-state index contributed by atoms with van der Waals surface area (Å²) in [5.74, 6) is 1.11. The van der Waals surface area contributed by atoms with E-state index in [0.29, 0.717) is 48.4 Å². The van der Waals surface area contributed by atoms with E-state index < -0.39 is 6.03 Å². The summed E-state index contributed by atoms with van der Waals surface area (Å²) in [7, 11) is 1.58. The second kappa shape index (κ2) is 14.9. The Hall–Kier alpha value is -4.04. The van der Waals surface area contributed by atoms with Gasteiger partial charge in [0.2, 0.25) is 0 Å². The lowest BCUT2D eigenvalue weighted by molar-refractivity contribution is 0.0944. The summed E-state index contributed by atoms with van der Waals surface area (Å²) in [4.78, 5) is 28.3. The van der Waals surface area contributed by atoms with Crippen molar-refractivity contribution in [1.82, 2.24) is 5.32 Å². The maximum Gasteiger partial charge on any atom is 0.323 e. The zero-order chi connectivity index (χ0) is 28.2. The molecule has 1 aliphatic heterocycles. The van der Waals surface area contributed by atoms with Crippen molar-refractivity contribution in [3.8, 4) is 5.75 Å². The van der Waals surface area contributed by atoms with E-state index in [1.807, 2.05) is 25.1 Å². The van der Waals surface area contributed by atoms with Crippen molar-refractivity contribution in [3.63, 3.8) is 0 Å². The van der Waals surface area contributed by atoms with E-state index in [1.54, 1.807) is 31.4 Å². The molecule has 3 N–H and O–H groups in total. The molecule has 0 radical (unpaired) electrons. The number of nitrogens with zero attached hydrogens (tertiary/aromatic N) is 1. The fourth-order valence-corrected chi connectivity index (χ4v) is 5.01. The summed E-state index contributed by atoms with van der Waals surface area (Å²) in [5, 5.41) is 8.70. The van der Waals surface area contributed by atoms with Gasteiger partial charge in [0.05, 0.1) is 12.7 Å². The Balaban J connectivity index is 1.44. The van der Waals surface area contributed by atoms with Crippen LogP contribution < -0.4 is 25.6 Å². The minimum absolute atomic E-state index is 0.158. The Morgan fingerprint density at radius 1 is 0.925 bits per heavy atom. The fourth-order valence-electron chi connectivity index (χ4n) is 5.01. The van der Waals surface area contributed by atoms with Gasteiger partial charge in [0.15, 0.2) is 0 Å². The highest BCUT2D eigenvalue weighted by Gasteiger charge is 2.24. The van der Waals surface area contributed by atoms with Crippen molar-refractivity contribution in [2.24, 2.45) is 5.92 Å². The first-order valence-electron chi connectivity index (χ1n) is 14.1. The van der Waals surface area contributed by atoms with Gasteiger partial charge in [-0.15, -0.1) is 0 Å². The van der Waals surface area contributed by atoms with Crippen molar-refractivity contribution in [3.05, 3.63) is 83.9 Å². The van der Waals surface area contributed by atoms with Crippen molar-refractivity contribution < 1.29 is 19.1 Å². The molecule has 1 fully saturated rings. The number of carbonyl (C=O) groups is 2. The van der Waals surface area contributed by atoms with Crippen LogP contribution in [0, 0.1) is 5.92 Å². The van der Waals surface area contributed by atoms with Gasteiger partial charge in [-0.05, 0) is 74.4 Å². The van der Waals surface area contributed by atoms with Crippen LogP contribution in [0.5, 0.6) is 5.75 Å². The normalized spacial score (nSPS) is 13.5. The third kappa shape index (κ3) is 8.48. The lowest BCUT2D eigenvalue weighted by Crippen LogP contribution is -2.36. The molecule has 0 unspecified atom stereocenters. The smallest absolute Gasteiger partial charge is 0.323 e. The minimum atomic E-state index is -0.397. The van der Waals surface area contributed by atoms with Crippen LogP contribution in [0.2, 0.25) is 0 Å². The highest BCUT2D eigenvalue weighted by molar-refractivity contribution is 6.04. The number of anilines is 3. The number of methoxy groups -OCH3 is 1. The molecular weight excluding hydrogens is 504 g/mol. The van der Waals surface area contributed by atoms with Gasteiger partial charge in [0.25, 0.3) is 5.91 Å². The monoisotopic (exact) mass is 544 g/mol. The largest absolute Gasteiger partial charge is 0.497 e. The lowest BCUT2D eigenvalue weighted by atomic mass is 9.89. The number of urea groups is 1. The molecule has 0 aliphatic carbocycles. The molecule has 1 aliphatic rings. The molecule has 4 rings (SSSR count). The van der Waals surface area contributed by atoms with E-state index in [-0.39, 0.29) is 5.91 Å². The van der Waals surface area contributed by atoms with Crippen LogP contribution in [0.15, 0.2) is 72.8 Å². The number of carbonyl (C=O) groups excluding carboxylic acids is 2. The Labute approximate surface area is 237 Å². The summed E-state index contributed by atoms with van der Waals surface area (Å²) < 4.78 is 10.6. The summed E-state index contributed by atoms with van der Waals surface area (Å²) in [6.45, 7) is 5.49. The minimum Gasteiger partial charge on any atom is -0.497 e. The predicted octanol–water partition coefficient (Wildman–Crippen LogP) is 5.95. The van der Waals surface area contributed by atoms with E-state index in [4.69, 9.17) is 9.47 Å². The van der Waals surface area contributed by atoms with Crippen LogP contribution in [0.25, 0.3) is 0 Å². The molecule has 8 heteroatoms. The Morgan fingerprint density at radius 3 is 2.40 bits per heavy atom. The molecule has 0 atom stereocenters. The van der Waals surface area contributed by atoms with Crippen molar-refractivity contribution in [1.29, 1.82) is 0 Å². The van der Waals surface area contributed by atoms with E-state index in [9.17, 15) is 9.59 Å². The summed E-state index contributed by atoms with van der Waals surface area (Å²) >= 11 is 0. The quantitative estimate of drug-likeness (QED) is 0.245. The Bertz CT molecular complexity index is 1240. The van der Waals surface area contributed by atoms with Gasteiger partial charge in [-0.25, -0.2) is 4.79 Å². The Kier molecular flexibility index (Phi) is 10.8. The van der Waals surface area contributed by atoms with Gasteiger partial charge in [-0.3, -0.25) is 4.79 Å². The van der Waals surface area contributed by atoms with Crippen LogP contribution in [-0.2, 0) is 11.2 Å². The topological polar surface area (TPSA) is 91.9 Å². The first kappa shape index (κ1) is 29.0.